The molecule has 1 aliphatic carbocycles. The minimum Gasteiger partial charge on any atom is -0.463 e. The zero-order valence-electron chi connectivity index (χ0n) is 12.7. The minimum atomic E-state index is -0.394. The molecule has 2 aromatic rings. The summed E-state index contributed by atoms with van der Waals surface area (Å²) in [5, 5.41) is 13.5. The van der Waals surface area contributed by atoms with Crippen molar-refractivity contribution in [2.75, 3.05) is 6.54 Å². The number of ketones is 1. The molecule has 5 heteroatoms. The van der Waals surface area contributed by atoms with Gasteiger partial charge in [0.05, 0.1) is 5.92 Å². The fraction of sp³-hybridized carbons (Fsp3) is 0.389. The quantitative estimate of drug-likeness (QED) is 0.491. The highest BCUT2D eigenvalue weighted by Crippen LogP contribution is 2.40. The van der Waals surface area contributed by atoms with Crippen LogP contribution in [0.2, 0.25) is 0 Å². The van der Waals surface area contributed by atoms with Crippen molar-refractivity contribution in [2.24, 2.45) is 5.92 Å². The second-order valence-electron chi connectivity index (χ2n) is 6.27. The lowest BCUT2D eigenvalue weighted by Crippen LogP contribution is -2.40. The van der Waals surface area contributed by atoms with Crippen LogP contribution in [0, 0.1) is 11.7 Å². The Labute approximate surface area is 138 Å². The second-order valence-corrected chi connectivity index (χ2v) is 7.27. The Morgan fingerprint density at radius 2 is 2.13 bits per heavy atom. The first-order valence-corrected chi connectivity index (χ1v) is 8.86. The maximum atomic E-state index is 14.4. The summed E-state index contributed by atoms with van der Waals surface area (Å²) in [7, 11) is 0. The number of hydrogen-bond donors (Lipinski definition) is 0. The molecular formula is C18H18FNO2S. The van der Waals surface area contributed by atoms with E-state index >= 15 is 0 Å². The van der Waals surface area contributed by atoms with E-state index in [0.717, 1.165) is 32.4 Å². The molecule has 2 heterocycles. The van der Waals surface area contributed by atoms with Gasteiger partial charge in [-0.25, -0.2) is 4.39 Å². The fourth-order valence-corrected chi connectivity index (χ4v) is 4.31. The fourth-order valence-electron chi connectivity index (χ4n) is 3.42. The van der Waals surface area contributed by atoms with E-state index in [9.17, 15) is 9.65 Å². The number of benzene rings is 1. The lowest BCUT2D eigenvalue weighted by molar-refractivity contribution is -1.05. The molecule has 1 saturated carbocycles. The third-order valence-electron chi connectivity index (χ3n) is 4.75. The first-order chi connectivity index (χ1) is 11.3. The van der Waals surface area contributed by atoms with Gasteiger partial charge in [-0.1, -0.05) is 18.2 Å². The molecule has 0 saturated heterocycles. The van der Waals surface area contributed by atoms with Gasteiger partial charge < -0.3 is 5.26 Å². The number of fused-ring (bicyclic) bond motifs is 1. The highest BCUT2D eigenvalue weighted by molar-refractivity contribution is 7.10. The van der Waals surface area contributed by atoms with Crippen LogP contribution in [0.3, 0.4) is 0 Å². The number of halogens is 1. The molecule has 1 fully saturated rings. The molecule has 0 N–H and O–H groups in total. The molecule has 1 aromatic carbocycles. The SMILES string of the molecule is [O-][O+]=C(C1CC1)C(c1ccccc1F)N1CCc2sccc2C1. The average molecular weight is 331 g/mol. The van der Waals surface area contributed by atoms with E-state index in [1.54, 1.807) is 23.5 Å². The van der Waals surface area contributed by atoms with Gasteiger partial charge in [-0.05, 0) is 42.3 Å². The van der Waals surface area contributed by atoms with Gasteiger partial charge in [0, 0.05) is 23.5 Å². The third-order valence-corrected chi connectivity index (χ3v) is 5.77. The molecule has 120 valence electrons. The zero-order chi connectivity index (χ0) is 15.8. The Morgan fingerprint density at radius 3 is 2.87 bits per heavy atom. The van der Waals surface area contributed by atoms with Crippen LogP contribution in [0.15, 0.2) is 35.7 Å². The normalized spacial score (nSPS) is 20.3. The van der Waals surface area contributed by atoms with Crippen LogP contribution in [0.1, 0.15) is 34.9 Å². The van der Waals surface area contributed by atoms with Gasteiger partial charge in [0.2, 0.25) is 0 Å². The summed E-state index contributed by atoms with van der Waals surface area (Å²) in [4.78, 5) is 3.57. The van der Waals surface area contributed by atoms with Crippen molar-refractivity contribution >= 4 is 17.1 Å². The Balaban J connectivity index is 1.72. The monoisotopic (exact) mass is 331 g/mol. The summed E-state index contributed by atoms with van der Waals surface area (Å²) in [5.74, 6) is 0.374. The number of thiophene rings is 1. The van der Waals surface area contributed by atoms with Crippen molar-refractivity contribution in [2.45, 2.75) is 31.8 Å². The summed E-state index contributed by atoms with van der Waals surface area (Å²) < 4.78 is 18.9. The third kappa shape index (κ3) is 2.79. The lowest BCUT2D eigenvalue weighted by atomic mass is 9.95. The molecule has 0 spiro atoms. The highest BCUT2D eigenvalue weighted by Gasteiger charge is 2.46. The summed E-state index contributed by atoms with van der Waals surface area (Å²) in [6, 6.07) is 8.45. The van der Waals surface area contributed by atoms with Gasteiger partial charge in [0.1, 0.15) is 5.82 Å². The maximum absolute atomic E-state index is 14.4. The van der Waals surface area contributed by atoms with Gasteiger partial charge in [0.15, 0.2) is 6.04 Å². The van der Waals surface area contributed by atoms with Crippen molar-refractivity contribution in [3.8, 4) is 0 Å². The summed E-state index contributed by atoms with van der Waals surface area (Å²) in [6.07, 6.45) is 2.86. The van der Waals surface area contributed by atoms with Gasteiger partial charge in [-0.2, -0.15) is 4.58 Å². The smallest absolute Gasteiger partial charge is 0.353 e. The molecule has 0 amide bonds. The van der Waals surface area contributed by atoms with Gasteiger partial charge in [-0.3, -0.25) is 4.90 Å². The average Bonchev–Trinajstić information content (AvgIpc) is 3.30. The number of carbonyl (C=O) groups excluding carboxylic acids is 1. The Hall–Kier alpha value is -1.72. The van der Waals surface area contributed by atoms with E-state index in [0.29, 0.717) is 11.3 Å². The number of hydrogen-bond acceptors (Lipinski definition) is 3. The molecular weight excluding hydrogens is 313 g/mol. The molecule has 0 radical (unpaired) electrons. The minimum absolute atomic E-state index is 0.168. The Morgan fingerprint density at radius 1 is 1.30 bits per heavy atom. The number of nitrogens with zero attached hydrogens (tertiary/aromatic N) is 1. The molecule has 3 nitrogen and oxygen atoms in total. The molecule has 2 aliphatic rings. The van der Waals surface area contributed by atoms with Crippen LogP contribution >= 0.6 is 11.3 Å². The van der Waals surface area contributed by atoms with Crippen LogP contribution in [0.4, 0.5) is 4.39 Å². The first kappa shape index (κ1) is 14.8. The van der Waals surface area contributed by atoms with Crippen molar-refractivity contribution in [3.63, 3.8) is 0 Å². The maximum Gasteiger partial charge on any atom is 0.353 e. The van der Waals surface area contributed by atoms with Crippen LogP contribution < -0.4 is 5.26 Å². The summed E-state index contributed by atoms with van der Waals surface area (Å²) in [6.45, 7) is 1.55. The van der Waals surface area contributed by atoms with E-state index < -0.39 is 6.04 Å². The van der Waals surface area contributed by atoms with E-state index in [-0.39, 0.29) is 11.7 Å². The van der Waals surface area contributed by atoms with Crippen LogP contribution in [0.5, 0.6) is 0 Å². The largest absolute Gasteiger partial charge is 0.463 e. The van der Waals surface area contributed by atoms with E-state index in [2.05, 4.69) is 20.9 Å². The topological polar surface area (TPSA) is 37.6 Å². The molecule has 0 bridgehead atoms. The highest BCUT2D eigenvalue weighted by atomic mass is 32.1. The number of rotatable bonds is 4. The van der Waals surface area contributed by atoms with Crippen LogP contribution in [-0.4, -0.2) is 17.2 Å². The second kappa shape index (κ2) is 6.06. The van der Waals surface area contributed by atoms with Crippen molar-refractivity contribution in [1.82, 2.24) is 4.90 Å². The predicted octanol–water partition coefficient (Wildman–Crippen LogP) is 2.78. The molecule has 1 aliphatic heterocycles. The van der Waals surface area contributed by atoms with Gasteiger partial charge in [0.25, 0.3) is 0 Å². The Kier molecular flexibility index (Phi) is 3.91. The van der Waals surface area contributed by atoms with E-state index in [1.807, 2.05) is 6.07 Å². The van der Waals surface area contributed by atoms with Gasteiger partial charge >= 0.3 is 5.78 Å². The molecule has 1 unspecified atom stereocenters. The summed E-state index contributed by atoms with van der Waals surface area (Å²) >= 11 is 1.77. The van der Waals surface area contributed by atoms with E-state index in [1.165, 1.54) is 16.5 Å². The lowest BCUT2D eigenvalue weighted by Gasteiger charge is -2.32. The van der Waals surface area contributed by atoms with Crippen molar-refractivity contribution in [3.05, 3.63) is 57.5 Å². The van der Waals surface area contributed by atoms with Crippen molar-refractivity contribution in [1.29, 1.82) is 0 Å². The zero-order valence-corrected chi connectivity index (χ0v) is 13.5. The summed E-state index contributed by atoms with van der Waals surface area (Å²) in [5.41, 5.74) is 1.83. The van der Waals surface area contributed by atoms with Gasteiger partial charge in [-0.15, -0.1) is 11.3 Å². The predicted molar refractivity (Wildman–Crippen MR) is 85.3 cm³/mol. The standard InChI is InChI=1S/C18H18FNO2S/c19-15-4-2-1-3-14(15)17(18(22-21)12-5-6-12)20-9-7-16-13(11-20)8-10-23-16/h1-4,8,10,12,17H,5-7,9,11H2. The first-order valence-electron chi connectivity index (χ1n) is 7.98. The Bertz CT molecular complexity index is 738. The van der Waals surface area contributed by atoms with Crippen LogP contribution in [0.25, 0.3) is 0 Å². The molecule has 1 atom stereocenters. The van der Waals surface area contributed by atoms with E-state index in [4.69, 9.17) is 0 Å². The van der Waals surface area contributed by atoms with Crippen molar-refractivity contribution < 1.29 is 14.2 Å². The molecule has 1 aromatic heterocycles. The molecule has 23 heavy (non-hydrogen) atoms. The van der Waals surface area contributed by atoms with Crippen LogP contribution in [-0.2, 0) is 17.5 Å². The molecule has 4 rings (SSSR count).